The van der Waals surface area contributed by atoms with E-state index in [1.54, 1.807) is 19.2 Å². The number of para-hydroxylation sites is 2. The Balaban J connectivity index is 2.23. The maximum Gasteiger partial charge on any atom is 0.400 e. The molecule has 0 atom stereocenters. The van der Waals surface area contributed by atoms with Crippen LogP contribution >= 0.6 is 15.9 Å². The summed E-state index contributed by atoms with van der Waals surface area (Å²) in [6, 6.07) is 7.28. The average Bonchev–Trinajstić information content (AvgIpc) is 2.65. The van der Waals surface area contributed by atoms with Crippen molar-refractivity contribution >= 4 is 15.9 Å². The number of rotatable bonds is 3. The van der Waals surface area contributed by atoms with Crippen molar-refractivity contribution in [1.29, 1.82) is 0 Å². The minimum atomic E-state index is 0.173. The Morgan fingerprint density at radius 3 is 2.60 bits per heavy atom. The first-order valence-electron chi connectivity index (χ1n) is 4.21. The highest BCUT2D eigenvalue weighted by atomic mass is 79.9. The summed E-state index contributed by atoms with van der Waals surface area (Å²) >= 11 is 3.16. The minimum absolute atomic E-state index is 0.173. The summed E-state index contributed by atoms with van der Waals surface area (Å²) < 4.78 is 16.1. The van der Waals surface area contributed by atoms with Crippen molar-refractivity contribution < 1.29 is 13.9 Å². The zero-order chi connectivity index (χ0) is 10.7. The lowest BCUT2D eigenvalue weighted by atomic mass is 10.3. The molecular weight excluding hydrogens is 262 g/mol. The van der Waals surface area contributed by atoms with E-state index in [0.29, 0.717) is 16.1 Å². The maximum absolute atomic E-state index is 5.39. The molecule has 0 aliphatic rings. The molecule has 2 aromatic rings. The number of nitrogens with zero attached hydrogens (tertiary/aromatic N) is 1. The zero-order valence-corrected chi connectivity index (χ0v) is 9.52. The highest BCUT2D eigenvalue weighted by Gasteiger charge is 2.08. The van der Waals surface area contributed by atoms with Gasteiger partial charge < -0.3 is 13.9 Å². The predicted molar refractivity (Wildman–Crippen MR) is 57.3 cm³/mol. The fourth-order valence-corrected chi connectivity index (χ4v) is 1.32. The molecule has 4 nitrogen and oxygen atoms in total. The van der Waals surface area contributed by atoms with Gasteiger partial charge in [0.15, 0.2) is 11.5 Å². The van der Waals surface area contributed by atoms with E-state index in [1.165, 1.54) is 6.26 Å². The Morgan fingerprint density at radius 1 is 1.27 bits per heavy atom. The van der Waals surface area contributed by atoms with E-state index in [-0.39, 0.29) is 6.08 Å². The first-order chi connectivity index (χ1) is 7.29. The third-order valence-electron chi connectivity index (χ3n) is 1.72. The van der Waals surface area contributed by atoms with Crippen molar-refractivity contribution in [2.75, 3.05) is 7.11 Å². The van der Waals surface area contributed by atoms with Gasteiger partial charge in [-0.2, -0.15) is 4.98 Å². The summed E-state index contributed by atoms with van der Waals surface area (Å²) in [7, 11) is 1.58. The van der Waals surface area contributed by atoms with E-state index in [1.807, 2.05) is 12.1 Å². The molecule has 0 bridgehead atoms. The topological polar surface area (TPSA) is 44.5 Å². The van der Waals surface area contributed by atoms with Crippen LogP contribution in [0.1, 0.15) is 0 Å². The van der Waals surface area contributed by atoms with E-state index >= 15 is 0 Å². The summed E-state index contributed by atoms with van der Waals surface area (Å²) in [6.45, 7) is 0. The lowest BCUT2D eigenvalue weighted by molar-refractivity contribution is 0.310. The van der Waals surface area contributed by atoms with Gasteiger partial charge >= 0.3 is 6.08 Å². The van der Waals surface area contributed by atoms with Crippen LogP contribution < -0.4 is 9.47 Å². The number of hydrogen-bond donors (Lipinski definition) is 0. The summed E-state index contributed by atoms with van der Waals surface area (Å²) in [5.41, 5.74) is 0. The quantitative estimate of drug-likeness (QED) is 0.858. The van der Waals surface area contributed by atoms with E-state index in [0.717, 1.165) is 0 Å². The van der Waals surface area contributed by atoms with E-state index in [4.69, 9.17) is 13.9 Å². The minimum Gasteiger partial charge on any atom is -0.493 e. The molecule has 78 valence electrons. The van der Waals surface area contributed by atoms with Crippen molar-refractivity contribution in [3.8, 4) is 17.6 Å². The lowest BCUT2D eigenvalue weighted by Crippen LogP contribution is -1.89. The largest absolute Gasteiger partial charge is 0.493 e. The third-order valence-corrected chi connectivity index (χ3v) is 2.09. The van der Waals surface area contributed by atoms with Crippen LogP contribution in [0.25, 0.3) is 0 Å². The van der Waals surface area contributed by atoms with E-state index in [2.05, 4.69) is 20.9 Å². The van der Waals surface area contributed by atoms with Crippen LogP contribution in [0, 0.1) is 0 Å². The van der Waals surface area contributed by atoms with Crippen LogP contribution in [-0.4, -0.2) is 12.1 Å². The normalized spacial score (nSPS) is 10.0. The number of halogens is 1. The van der Waals surface area contributed by atoms with Crippen LogP contribution in [0.4, 0.5) is 0 Å². The smallest absolute Gasteiger partial charge is 0.400 e. The Labute approximate surface area is 95.0 Å². The van der Waals surface area contributed by atoms with Crippen molar-refractivity contribution in [2.45, 2.75) is 0 Å². The summed E-state index contributed by atoms with van der Waals surface area (Å²) in [5.74, 6) is 1.20. The second kappa shape index (κ2) is 4.35. The van der Waals surface area contributed by atoms with Crippen molar-refractivity contribution in [2.24, 2.45) is 0 Å². The lowest BCUT2D eigenvalue weighted by Gasteiger charge is -2.05. The first kappa shape index (κ1) is 10.0. The summed E-state index contributed by atoms with van der Waals surface area (Å²) in [4.78, 5) is 3.95. The number of ether oxygens (including phenoxy) is 2. The molecule has 0 amide bonds. The Hall–Kier alpha value is -1.49. The first-order valence-corrected chi connectivity index (χ1v) is 5.01. The molecule has 0 spiro atoms. The second-order valence-corrected chi connectivity index (χ2v) is 3.50. The standard InChI is InChI=1S/C10H8BrNO3/c1-13-7-4-2-3-5-8(7)15-10-12-9(11)6-14-10/h2-6H,1H3. The molecular formula is C10H8BrNO3. The molecule has 1 heterocycles. The van der Waals surface area contributed by atoms with Gasteiger partial charge in [0.05, 0.1) is 7.11 Å². The molecule has 0 aliphatic heterocycles. The average molecular weight is 270 g/mol. The SMILES string of the molecule is COc1ccccc1Oc1nc(Br)co1. The number of hydrogen-bond acceptors (Lipinski definition) is 4. The Kier molecular flexibility index (Phi) is 2.91. The van der Waals surface area contributed by atoms with Crippen molar-refractivity contribution in [1.82, 2.24) is 4.98 Å². The fourth-order valence-electron chi connectivity index (χ4n) is 1.08. The second-order valence-electron chi connectivity index (χ2n) is 2.69. The van der Waals surface area contributed by atoms with Gasteiger partial charge in [-0.1, -0.05) is 12.1 Å². The monoisotopic (exact) mass is 269 g/mol. The van der Waals surface area contributed by atoms with Gasteiger partial charge in [-0.3, -0.25) is 0 Å². The van der Waals surface area contributed by atoms with Crippen molar-refractivity contribution in [3.05, 3.63) is 35.1 Å². The molecule has 0 radical (unpaired) electrons. The van der Waals surface area contributed by atoms with Gasteiger partial charge in [-0.15, -0.1) is 0 Å². The van der Waals surface area contributed by atoms with Gasteiger partial charge in [-0.05, 0) is 28.1 Å². The van der Waals surface area contributed by atoms with Crippen molar-refractivity contribution in [3.63, 3.8) is 0 Å². The molecule has 1 aromatic heterocycles. The molecule has 1 aromatic carbocycles. The third kappa shape index (κ3) is 2.30. The van der Waals surface area contributed by atoms with Gasteiger partial charge in [0.1, 0.15) is 10.9 Å². The molecule has 5 heteroatoms. The number of aromatic nitrogens is 1. The fraction of sp³-hybridized carbons (Fsp3) is 0.100. The number of methoxy groups -OCH3 is 1. The van der Waals surface area contributed by atoms with Crippen LogP contribution in [0.3, 0.4) is 0 Å². The molecule has 2 rings (SSSR count). The maximum atomic E-state index is 5.39. The van der Waals surface area contributed by atoms with Crippen LogP contribution in [0.15, 0.2) is 39.5 Å². The van der Waals surface area contributed by atoms with Crippen LogP contribution in [-0.2, 0) is 0 Å². The van der Waals surface area contributed by atoms with E-state index in [9.17, 15) is 0 Å². The Morgan fingerprint density at radius 2 is 2.00 bits per heavy atom. The van der Waals surface area contributed by atoms with Crippen LogP contribution in [0.5, 0.6) is 17.6 Å². The molecule has 0 N–H and O–H groups in total. The van der Waals surface area contributed by atoms with Gasteiger partial charge in [0.25, 0.3) is 0 Å². The molecule has 15 heavy (non-hydrogen) atoms. The van der Waals surface area contributed by atoms with Crippen LogP contribution in [0.2, 0.25) is 0 Å². The van der Waals surface area contributed by atoms with Gasteiger partial charge in [-0.25, -0.2) is 0 Å². The summed E-state index contributed by atoms with van der Waals surface area (Å²) in [5, 5.41) is 0. The van der Waals surface area contributed by atoms with E-state index < -0.39 is 0 Å². The number of oxazole rings is 1. The molecule has 0 saturated heterocycles. The highest BCUT2D eigenvalue weighted by molar-refractivity contribution is 9.10. The number of benzene rings is 1. The zero-order valence-electron chi connectivity index (χ0n) is 7.94. The molecule has 0 fully saturated rings. The Bertz CT molecular complexity index is 455. The van der Waals surface area contributed by atoms with Gasteiger partial charge in [0, 0.05) is 0 Å². The molecule has 0 unspecified atom stereocenters. The summed E-state index contributed by atoms with van der Waals surface area (Å²) in [6.07, 6.45) is 1.62. The highest BCUT2D eigenvalue weighted by Crippen LogP contribution is 2.30. The van der Waals surface area contributed by atoms with Gasteiger partial charge in [0.2, 0.25) is 0 Å². The predicted octanol–water partition coefficient (Wildman–Crippen LogP) is 3.24. The molecule has 0 aliphatic carbocycles. The molecule has 0 saturated carbocycles.